The van der Waals surface area contributed by atoms with Gasteiger partial charge in [0.05, 0.1) is 19.6 Å². The highest BCUT2D eigenvalue weighted by molar-refractivity contribution is 6.28. The second kappa shape index (κ2) is 8.06. The van der Waals surface area contributed by atoms with Gasteiger partial charge in [-0.2, -0.15) is 0 Å². The molecule has 0 aliphatic carbocycles. The Bertz CT molecular complexity index is 1060. The van der Waals surface area contributed by atoms with Gasteiger partial charge in [0, 0.05) is 18.0 Å². The number of fused-ring (bicyclic) bond motifs is 1. The Morgan fingerprint density at radius 3 is 2.52 bits per heavy atom. The number of amides is 2. The van der Waals surface area contributed by atoms with E-state index < -0.39 is 5.92 Å². The molecule has 0 N–H and O–H groups in total. The molecule has 0 spiro atoms. The first-order valence-electron chi connectivity index (χ1n) is 9.20. The molecule has 1 aromatic heterocycles. The molecule has 6 heteroatoms. The number of hydrogen-bond acceptors (Lipinski definition) is 5. The second-order valence-electron chi connectivity index (χ2n) is 6.57. The molecule has 0 fully saturated rings. The molecule has 1 aliphatic heterocycles. The molecule has 29 heavy (non-hydrogen) atoms. The first-order chi connectivity index (χ1) is 14.2. The minimum absolute atomic E-state index is 0.311. The largest absolute Gasteiger partial charge is 0.497 e. The lowest BCUT2D eigenvalue weighted by Gasteiger charge is -2.30. The zero-order valence-corrected chi connectivity index (χ0v) is 15.9. The van der Waals surface area contributed by atoms with E-state index in [4.69, 9.17) is 4.74 Å². The summed E-state index contributed by atoms with van der Waals surface area (Å²) in [5, 5.41) is 0. The van der Waals surface area contributed by atoms with Crippen molar-refractivity contribution in [2.45, 2.75) is 12.5 Å². The Morgan fingerprint density at radius 1 is 1.03 bits per heavy atom. The standard InChI is InChI=1S/C23H19N3O3/c1-29-17-11-9-16(10-12-17)14-24-15-20-18-6-2-3-7-19(18)22(27)26(23(20)28)21-8-4-5-13-25-21/h2-13,15,20H,14H2,1H3. The predicted octanol–water partition coefficient (Wildman–Crippen LogP) is 3.63. The fraction of sp³-hybridized carbons (Fsp3) is 0.130. The molecule has 2 amide bonds. The van der Waals surface area contributed by atoms with Crippen LogP contribution in [-0.4, -0.2) is 30.1 Å². The van der Waals surface area contributed by atoms with Gasteiger partial charge in [0.25, 0.3) is 5.91 Å². The second-order valence-corrected chi connectivity index (χ2v) is 6.57. The van der Waals surface area contributed by atoms with Crippen molar-refractivity contribution >= 4 is 23.8 Å². The molecule has 0 bridgehead atoms. The van der Waals surface area contributed by atoms with Gasteiger partial charge in [0.2, 0.25) is 5.91 Å². The van der Waals surface area contributed by atoms with Crippen molar-refractivity contribution in [2.24, 2.45) is 4.99 Å². The van der Waals surface area contributed by atoms with Crippen molar-refractivity contribution in [2.75, 3.05) is 12.0 Å². The van der Waals surface area contributed by atoms with E-state index >= 15 is 0 Å². The molecule has 1 atom stereocenters. The van der Waals surface area contributed by atoms with Crippen LogP contribution in [0.25, 0.3) is 0 Å². The van der Waals surface area contributed by atoms with Crippen molar-refractivity contribution in [3.8, 4) is 5.75 Å². The van der Waals surface area contributed by atoms with Crippen molar-refractivity contribution in [1.29, 1.82) is 0 Å². The summed E-state index contributed by atoms with van der Waals surface area (Å²) in [6.07, 6.45) is 3.18. The Balaban J connectivity index is 1.64. The minimum Gasteiger partial charge on any atom is -0.497 e. The van der Waals surface area contributed by atoms with Crippen LogP contribution >= 0.6 is 0 Å². The van der Waals surface area contributed by atoms with Crippen molar-refractivity contribution < 1.29 is 14.3 Å². The van der Waals surface area contributed by atoms with Crippen LogP contribution in [0.3, 0.4) is 0 Å². The van der Waals surface area contributed by atoms with E-state index in [1.807, 2.05) is 30.3 Å². The number of anilines is 1. The van der Waals surface area contributed by atoms with Crippen LogP contribution < -0.4 is 9.64 Å². The zero-order valence-electron chi connectivity index (χ0n) is 15.9. The van der Waals surface area contributed by atoms with Gasteiger partial charge in [-0.25, -0.2) is 9.88 Å². The third kappa shape index (κ3) is 3.65. The van der Waals surface area contributed by atoms with Gasteiger partial charge >= 0.3 is 0 Å². The number of carbonyl (C=O) groups is 2. The van der Waals surface area contributed by atoms with Crippen LogP contribution in [0, 0.1) is 0 Å². The molecule has 144 valence electrons. The summed E-state index contributed by atoms with van der Waals surface area (Å²) >= 11 is 0. The first-order valence-corrected chi connectivity index (χ1v) is 9.20. The molecule has 2 heterocycles. The van der Waals surface area contributed by atoms with Gasteiger partial charge in [-0.05, 0) is 41.5 Å². The van der Waals surface area contributed by atoms with Gasteiger partial charge in [0.15, 0.2) is 0 Å². The van der Waals surface area contributed by atoms with E-state index in [-0.39, 0.29) is 11.8 Å². The maximum atomic E-state index is 13.2. The molecule has 0 saturated heterocycles. The first kappa shape index (κ1) is 18.6. The van der Waals surface area contributed by atoms with E-state index in [1.54, 1.807) is 55.9 Å². The molecule has 4 rings (SSSR count). The fourth-order valence-corrected chi connectivity index (χ4v) is 3.30. The molecule has 6 nitrogen and oxygen atoms in total. The van der Waals surface area contributed by atoms with Crippen molar-refractivity contribution in [3.05, 3.63) is 89.6 Å². The average molecular weight is 385 g/mol. The summed E-state index contributed by atoms with van der Waals surface area (Å²) in [5.41, 5.74) is 2.14. The summed E-state index contributed by atoms with van der Waals surface area (Å²) in [4.78, 5) is 35.9. The van der Waals surface area contributed by atoms with Crippen LogP contribution in [0.4, 0.5) is 5.82 Å². The quantitative estimate of drug-likeness (QED) is 0.497. The van der Waals surface area contributed by atoms with Crippen LogP contribution in [0.15, 0.2) is 77.9 Å². The van der Waals surface area contributed by atoms with Crippen molar-refractivity contribution in [3.63, 3.8) is 0 Å². The smallest absolute Gasteiger partial charge is 0.266 e. The Morgan fingerprint density at radius 2 is 1.79 bits per heavy atom. The third-order valence-corrected chi connectivity index (χ3v) is 4.78. The van der Waals surface area contributed by atoms with Crippen LogP contribution in [0.2, 0.25) is 0 Å². The summed E-state index contributed by atoms with van der Waals surface area (Å²) in [6.45, 7) is 0.424. The van der Waals surface area contributed by atoms with E-state index in [9.17, 15) is 9.59 Å². The van der Waals surface area contributed by atoms with E-state index in [0.29, 0.717) is 23.5 Å². The Hall–Kier alpha value is -3.80. The van der Waals surface area contributed by atoms with E-state index in [0.717, 1.165) is 16.2 Å². The summed E-state index contributed by atoms with van der Waals surface area (Å²) in [5.74, 6) is -0.289. The number of aromatic nitrogens is 1. The SMILES string of the molecule is COc1ccc(CN=CC2C(=O)N(c3ccccn3)C(=O)c3ccccc32)cc1. The molecule has 0 saturated carbocycles. The maximum Gasteiger partial charge on any atom is 0.266 e. The normalized spacial score (nSPS) is 16.2. The Kier molecular flexibility index (Phi) is 5.16. The number of pyridine rings is 1. The molecule has 2 aromatic carbocycles. The van der Waals surface area contributed by atoms with Crippen LogP contribution in [0.1, 0.15) is 27.4 Å². The topological polar surface area (TPSA) is 71.9 Å². The molecule has 1 unspecified atom stereocenters. The highest BCUT2D eigenvalue weighted by Gasteiger charge is 2.39. The van der Waals surface area contributed by atoms with Gasteiger partial charge in [-0.1, -0.05) is 36.4 Å². The van der Waals surface area contributed by atoms with Crippen molar-refractivity contribution in [1.82, 2.24) is 4.98 Å². The lowest BCUT2D eigenvalue weighted by atomic mass is 9.89. The maximum absolute atomic E-state index is 13.2. The summed E-state index contributed by atoms with van der Waals surface area (Å²) in [6, 6.07) is 19.9. The molecule has 3 aromatic rings. The van der Waals surface area contributed by atoms with Gasteiger partial charge in [-0.3, -0.25) is 14.6 Å². The number of carbonyl (C=O) groups excluding carboxylic acids is 2. The molecular weight excluding hydrogens is 366 g/mol. The molecule has 1 aliphatic rings. The predicted molar refractivity (Wildman–Crippen MR) is 110 cm³/mol. The lowest BCUT2D eigenvalue weighted by Crippen LogP contribution is -2.45. The minimum atomic E-state index is -0.649. The highest BCUT2D eigenvalue weighted by Crippen LogP contribution is 2.31. The van der Waals surface area contributed by atoms with Gasteiger partial charge in [0.1, 0.15) is 11.6 Å². The average Bonchev–Trinajstić information content (AvgIpc) is 2.77. The number of rotatable bonds is 5. The zero-order chi connectivity index (χ0) is 20.2. The molecule has 0 radical (unpaired) electrons. The monoisotopic (exact) mass is 385 g/mol. The van der Waals surface area contributed by atoms with Crippen LogP contribution in [-0.2, 0) is 11.3 Å². The summed E-state index contributed by atoms with van der Waals surface area (Å²) < 4.78 is 5.16. The van der Waals surface area contributed by atoms with Crippen LogP contribution in [0.5, 0.6) is 5.75 Å². The lowest BCUT2D eigenvalue weighted by molar-refractivity contribution is -0.118. The number of benzene rings is 2. The number of ether oxygens (including phenoxy) is 1. The third-order valence-electron chi connectivity index (χ3n) is 4.78. The number of imide groups is 1. The molecular formula is C23H19N3O3. The fourth-order valence-electron chi connectivity index (χ4n) is 3.30. The Labute approximate surface area is 168 Å². The van der Waals surface area contributed by atoms with Gasteiger partial charge in [-0.15, -0.1) is 0 Å². The number of hydrogen-bond donors (Lipinski definition) is 0. The number of aliphatic imine (C=N–C) groups is 1. The highest BCUT2D eigenvalue weighted by atomic mass is 16.5. The number of nitrogens with zero attached hydrogens (tertiary/aromatic N) is 3. The number of methoxy groups -OCH3 is 1. The summed E-state index contributed by atoms with van der Waals surface area (Å²) in [7, 11) is 1.62. The van der Waals surface area contributed by atoms with E-state index in [2.05, 4.69) is 9.98 Å². The van der Waals surface area contributed by atoms with E-state index in [1.165, 1.54) is 0 Å². The van der Waals surface area contributed by atoms with Gasteiger partial charge < -0.3 is 4.74 Å².